The fraction of sp³-hybridized carbons (Fsp3) is 0.958. The number of esters is 1. The first kappa shape index (κ1) is 28.4. The molecule has 0 aromatic heterocycles. The van der Waals surface area contributed by atoms with Gasteiger partial charge in [-0.15, -0.1) is 0 Å². The molecule has 0 amide bonds. The molecule has 174 valence electrons. The summed E-state index contributed by atoms with van der Waals surface area (Å²) in [5, 5.41) is 0. The summed E-state index contributed by atoms with van der Waals surface area (Å²) in [5.74, 6) is -0.108. The molecule has 5 nitrogen and oxygen atoms in total. The Morgan fingerprint density at radius 2 is 0.897 bits per heavy atom. The Kier molecular flexibility index (Phi) is 24.8. The molecule has 0 aromatic carbocycles. The van der Waals surface area contributed by atoms with Crippen molar-refractivity contribution in [2.24, 2.45) is 0 Å². The molecule has 0 heterocycles. The lowest BCUT2D eigenvalue weighted by Crippen LogP contribution is -2.11. The van der Waals surface area contributed by atoms with Gasteiger partial charge in [-0.3, -0.25) is 4.79 Å². The van der Waals surface area contributed by atoms with Crippen LogP contribution in [0.3, 0.4) is 0 Å². The second-order valence-corrected chi connectivity index (χ2v) is 7.70. The summed E-state index contributed by atoms with van der Waals surface area (Å²) < 4.78 is 21.7. The topological polar surface area (TPSA) is 54.0 Å². The zero-order valence-electron chi connectivity index (χ0n) is 19.4. The van der Waals surface area contributed by atoms with Crippen LogP contribution in [0.5, 0.6) is 0 Å². The summed E-state index contributed by atoms with van der Waals surface area (Å²) in [6.07, 6.45) is 16.1. The quantitative estimate of drug-likeness (QED) is 0.141. The van der Waals surface area contributed by atoms with Crippen LogP contribution in [0.2, 0.25) is 0 Å². The van der Waals surface area contributed by atoms with Gasteiger partial charge in [0.1, 0.15) is 0 Å². The van der Waals surface area contributed by atoms with E-state index in [4.69, 9.17) is 18.9 Å². The van der Waals surface area contributed by atoms with Gasteiger partial charge in [0, 0.05) is 19.6 Å². The van der Waals surface area contributed by atoms with Crippen LogP contribution in [0.1, 0.15) is 104 Å². The highest BCUT2D eigenvalue weighted by atomic mass is 16.5. The molecule has 0 radical (unpaired) electrons. The molecule has 0 aliphatic rings. The van der Waals surface area contributed by atoms with Gasteiger partial charge >= 0.3 is 5.97 Å². The first-order valence-corrected chi connectivity index (χ1v) is 12.2. The monoisotopic (exact) mass is 416 g/mol. The van der Waals surface area contributed by atoms with Gasteiger partial charge in [0.2, 0.25) is 0 Å². The Balaban J connectivity index is 3.13. The van der Waals surface area contributed by atoms with Gasteiger partial charge in [0.15, 0.2) is 0 Å². The minimum absolute atomic E-state index is 0.108. The van der Waals surface area contributed by atoms with Crippen molar-refractivity contribution < 1.29 is 23.7 Å². The second-order valence-electron chi connectivity index (χ2n) is 7.70. The zero-order chi connectivity index (χ0) is 21.3. The normalized spacial score (nSPS) is 11.1. The van der Waals surface area contributed by atoms with Gasteiger partial charge in [-0.1, -0.05) is 78.1 Å². The number of unbranched alkanes of at least 4 members (excludes halogenated alkanes) is 10. The average Bonchev–Trinajstić information content (AvgIpc) is 2.72. The maximum Gasteiger partial charge on any atom is 0.305 e. The third kappa shape index (κ3) is 25.3. The number of ether oxygens (including phenoxy) is 4. The molecule has 0 rings (SSSR count). The first-order chi connectivity index (χ1) is 14.3. The van der Waals surface area contributed by atoms with Crippen molar-refractivity contribution >= 4 is 5.97 Å². The molecule has 0 aliphatic carbocycles. The van der Waals surface area contributed by atoms with Gasteiger partial charge < -0.3 is 18.9 Å². The maximum absolute atomic E-state index is 11.7. The summed E-state index contributed by atoms with van der Waals surface area (Å²) in [4.78, 5) is 11.7. The van der Waals surface area contributed by atoms with Crippen molar-refractivity contribution in [1.29, 1.82) is 0 Å². The SMILES string of the molecule is CCCCCCCCCCOC(=O)CCCOCCOCCOCCCCCC. The molecule has 0 unspecified atom stereocenters. The lowest BCUT2D eigenvalue weighted by atomic mass is 10.1. The average molecular weight is 417 g/mol. The van der Waals surface area contributed by atoms with Crippen LogP contribution in [0.25, 0.3) is 0 Å². The van der Waals surface area contributed by atoms with Crippen LogP contribution in [0.15, 0.2) is 0 Å². The molecule has 0 aromatic rings. The number of hydrogen-bond acceptors (Lipinski definition) is 5. The molecule has 0 spiro atoms. The Morgan fingerprint density at radius 3 is 1.48 bits per heavy atom. The molecule has 0 saturated heterocycles. The van der Waals surface area contributed by atoms with E-state index in [-0.39, 0.29) is 5.97 Å². The van der Waals surface area contributed by atoms with E-state index < -0.39 is 0 Å². The molecule has 0 saturated carbocycles. The predicted octanol–water partition coefficient (Wildman–Crippen LogP) is 6.08. The van der Waals surface area contributed by atoms with Gasteiger partial charge in [-0.2, -0.15) is 0 Å². The van der Waals surface area contributed by atoms with E-state index in [1.807, 2.05) is 0 Å². The summed E-state index contributed by atoms with van der Waals surface area (Å²) in [6, 6.07) is 0. The third-order valence-corrected chi connectivity index (χ3v) is 4.82. The molecular formula is C24H48O5. The molecule has 5 heteroatoms. The van der Waals surface area contributed by atoms with E-state index >= 15 is 0 Å². The Hall–Kier alpha value is -0.650. The highest BCUT2D eigenvalue weighted by Gasteiger charge is 2.02. The highest BCUT2D eigenvalue weighted by Crippen LogP contribution is 2.08. The van der Waals surface area contributed by atoms with Crippen LogP contribution >= 0.6 is 0 Å². The summed E-state index contributed by atoms with van der Waals surface area (Å²) >= 11 is 0. The number of carbonyl (C=O) groups excluding carboxylic acids is 1. The Labute approximate surface area is 180 Å². The van der Waals surface area contributed by atoms with Gasteiger partial charge in [-0.25, -0.2) is 0 Å². The predicted molar refractivity (Wildman–Crippen MR) is 119 cm³/mol. The Bertz CT molecular complexity index is 322. The third-order valence-electron chi connectivity index (χ3n) is 4.82. The van der Waals surface area contributed by atoms with Crippen molar-refractivity contribution in [2.45, 2.75) is 104 Å². The largest absolute Gasteiger partial charge is 0.466 e. The van der Waals surface area contributed by atoms with Gasteiger partial charge in [-0.05, 0) is 19.3 Å². The van der Waals surface area contributed by atoms with E-state index in [2.05, 4.69) is 13.8 Å². The van der Waals surface area contributed by atoms with Crippen LogP contribution < -0.4 is 0 Å². The standard InChI is InChI=1S/C24H48O5/c1-3-5-7-9-10-11-12-14-19-29-24(25)16-15-18-27-21-23-28-22-20-26-17-13-8-6-4-2/h3-23H2,1-2H3. The van der Waals surface area contributed by atoms with Gasteiger partial charge in [0.05, 0.1) is 33.0 Å². The fourth-order valence-corrected chi connectivity index (χ4v) is 2.99. The lowest BCUT2D eigenvalue weighted by Gasteiger charge is -2.07. The van der Waals surface area contributed by atoms with E-state index in [0.29, 0.717) is 52.5 Å². The van der Waals surface area contributed by atoms with Crippen molar-refractivity contribution in [1.82, 2.24) is 0 Å². The summed E-state index contributed by atoms with van der Waals surface area (Å²) in [6.45, 7) is 8.80. The van der Waals surface area contributed by atoms with Crippen LogP contribution in [0.4, 0.5) is 0 Å². The molecule has 0 atom stereocenters. The van der Waals surface area contributed by atoms with Gasteiger partial charge in [0.25, 0.3) is 0 Å². The number of carbonyl (C=O) groups is 1. The van der Waals surface area contributed by atoms with Crippen molar-refractivity contribution in [3.63, 3.8) is 0 Å². The summed E-state index contributed by atoms with van der Waals surface area (Å²) in [5.41, 5.74) is 0. The molecule has 0 aliphatic heterocycles. The van der Waals surface area contributed by atoms with Crippen molar-refractivity contribution in [2.75, 3.05) is 46.2 Å². The minimum Gasteiger partial charge on any atom is -0.466 e. The van der Waals surface area contributed by atoms with Crippen LogP contribution in [0, 0.1) is 0 Å². The second kappa shape index (κ2) is 25.4. The van der Waals surface area contributed by atoms with E-state index in [1.165, 1.54) is 57.8 Å². The zero-order valence-corrected chi connectivity index (χ0v) is 19.4. The molecule has 0 fully saturated rings. The highest BCUT2D eigenvalue weighted by molar-refractivity contribution is 5.69. The Morgan fingerprint density at radius 1 is 0.483 bits per heavy atom. The smallest absolute Gasteiger partial charge is 0.305 e. The number of hydrogen-bond donors (Lipinski definition) is 0. The lowest BCUT2D eigenvalue weighted by molar-refractivity contribution is -0.144. The first-order valence-electron chi connectivity index (χ1n) is 12.2. The van der Waals surface area contributed by atoms with E-state index in [1.54, 1.807) is 0 Å². The van der Waals surface area contributed by atoms with Crippen LogP contribution in [-0.2, 0) is 23.7 Å². The molecule has 0 N–H and O–H groups in total. The minimum atomic E-state index is -0.108. The molecule has 29 heavy (non-hydrogen) atoms. The van der Waals surface area contributed by atoms with E-state index in [0.717, 1.165) is 25.9 Å². The molecular weight excluding hydrogens is 368 g/mol. The van der Waals surface area contributed by atoms with Crippen LogP contribution in [-0.4, -0.2) is 52.2 Å². The summed E-state index contributed by atoms with van der Waals surface area (Å²) in [7, 11) is 0. The van der Waals surface area contributed by atoms with Crippen molar-refractivity contribution in [3.05, 3.63) is 0 Å². The number of rotatable bonds is 24. The maximum atomic E-state index is 11.7. The molecule has 0 bridgehead atoms. The fourth-order valence-electron chi connectivity index (χ4n) is 2.99. The van der Waals surface area contributed by atoms with Crippen molar-refractivity contribution in [3.8, 4) is 0 Å². The van der Waals surface area contributed by atoms with E-state index in [9.17, 15) is 4.79 Å².